The summed E-state index contributed by atoms with van der Waals surface area (Å²) in [4.78, 5) is 15.3. The molecule has 2 aromatic rings. The molecule has 6 heteroatoms. The fourth-order valence-corrected chi connectivity index (χ4v) is 3.78. The molecular weight excluding hydrogens is 356 g/mol. The molecule has 1 unspecified atom stereocenters. The third kappa shape index (κ3) is 4.22. The minimum atomic E-state index is -0.185. The van der Waals surface area contributed by atoms with Crippen molar-refractivity contribution in [1.29, 1.82) is 0 Å². The zero-order chi connectivity index (χ0) is 19.9. The van der Waals surface area contributed by atoms with Crippen LogP contribution in [0.1, 0.15) is 34.8 Å². The van der Waals surface area contributed by atoms with Crippen LogP contribution in [0, 0.1) is 0 Å². The molecule has 1 N–H and O–H groups in total. The molecule has 0 radical (unpaired) electrons. The summed E-state index contributed by atoms with van der Waals surface area (Å²) in [6.45, 7) is 2.52. The van der Waals surface area contributed by atoms with Crippen LogP contribution in [0.3, 0.4) is 0 Å². The summed E-state index contributed by atoms with van der Waals surface area (Å²) < 4.78 is 16.3. The number of amides is 1. The number of nitrogens with zero attached hydrogens (tertiary/aromatic N) is 1. The van der Waals surface area contributed by atoms with E-state index in [2.05, 4.69) is 16.3 Å². The van der Waals surface area contributed by atoms with Crippen molar-refractivity contribution in [3.63, 3.8) is 0 Å². The van der Waals surface area contributed by atoms with Crippen molar-refractivity contribution in [2.75, 3.05) is 41.0 Å². The maximum atomic E-state index is 12.9. The first-order chi connectivity index (χ1) is 13.7. The number of ether oxygens (including phenoxy) is 3. The molecule has 3 rings (SSSR count). The van der Waals surface area contributed by atoms with Gasteiger partial charge in [-0.15, -0.1) is 0 Å². The second-order valence-corrected chi connectivity index (χ2v) is 6.75. The second kappa shape index (κ2) is 9.46. The lowest BCUT2D eigenvalue weighted by atomic mass is 10.0. The molecular formula is C22H28N2O4. The summed E-state index contributed by atoms with van der Waals surface area (Å²) in [6.07, 6.45) is 2.34. The van der Waals surface area contributed by atoms with Gasteiger partial charge in [-0.05, 0) is 44.1 Å². The average Bonchev–Trinajstić information content (AvgIpc) is 3.27. The molecule has 1 aliphatic rings. The summed E-state index contributed by atoms with van der Waals surface area (Å²) in [7, 11) is 4.78. The second-order valence-electron chi connectivity index (χ2n) is 6.75. The maximum absolute atomic E-state index is 12.9. The van der Waals surface area contributed by atoms with E-state index >= 15 is 0 Å². The third-order valence-electron chi connectivity index (χ3n) is 5.18. The van der Waals surface area contributed by atoms with Crippen molar-refractivity contribution in [2.45, 2.75) is 18.9 Å². The fourth-order valence-electron chi connectivity index (χ4n) is 3.78. The summed E-state index contributed by atoms with van der Waals surface area (Å²) in [5.41, 5.74) is 1.55. The van der Waals surface area contributed by atoms with Gasteiger partial charge in [0.2, 0.25) is 0 Å². The van der Waals surface area contributed by atoms with Gasteiger partial charge in [0.05, 0.1) is 32.9 Å². The van der Waals surface area contributed by atoms with Crippen LogP contribution < -0.4 is 19.5 Å². The number of benzene rings is 2. The molecule has 28 heavy (non-hydrogen) atoms. The highest BCUT2D eigenvalue weighted by Crippen LogP contribution is 2.33. The lowest BCUT2D eigenvalue weighted by Gasteiger charge is -2.29. The van der Waals surface area contributed by atoms with Gasteiger partial charge in [-0.1, -0.05) is 24.3 Å². The van der Waals surface area contributed by atoms with Gasteiger partial charge in [-0.2, -0.15) is 0 Å². The van der Waals surface area contributed by atoms with E-state index in [0.29, 0.717) is 23.6 Å². The molecule has 2 aromatic carbocycles. The third-order valence-corrected chi connectivity index (χ3v) is 5.18. The van der Waals surface area contributed by atoms with Crippen LogP contribution in [0.25, 0.3) is 0 Å². The van der Waals surface area contributed by atoms with Crippen molar-refractivity contribution >= 4 is 5.91 Å². The average molecular weight is 384 g/mol. The van der Waals surface area contributed by atoms with Crippen LogP contribution in [-0.4, -0.2) is 51.8 Å². The van der Waals surface area contributed by atoms with Crippen molar-refractivity contribution in [1.82, 2.24) is 10.2 Å². The number of para-hydroxylation sites is 2. The molecule has 0 bridgehead atoms. The van der Waals surface area contributed by atoms with Crippen LogP contribution >= 0.6 is 0 Å². The topological polar surface area (TPSA) is 60.0 Å². The SMILES string of the molecule is COc1ccccc1C(CNC(=O)c1cccc(OC)c1OC)N1CCCC1. The molecule has 1 aliphatic heterocycles. The number of rotatable bonds is 8. The molecule has 150 valence electrons. The number of carbonyl (C=O) groups is 1. The molecule has 0 aliphatic carbocycles. The largest absolute Gasteiger partial charge is 0.496 e. The molecule has 0 spiro atoms. The van der Waals surface area contributed by atoms with Gasteiger partial charge in [-0.3, -0.25) is 9.69 Å². The van der Waals surface area contributed by atoms with Crippen molar-refractivity contribution in [3.8, 4) is 17.2 Å². The molecule has 6 nitrogen and oxygen atoms in total. The number of likely N-dealkylation sites (tertiary alicyclic amines) is 1. The summed E-state index contributed by atoms with van der Waals surface area (Å²) >= 11 is 0. The van der Waals surface area contributed by atoms with Gasteiger partial charge >= 0.3 is 0 Å². The fraction of sp³-hybridized carbons (Fsp3) is 0.409. The van der Waals surface area contributed by atoms with Gasteiger partial charge < -0.3 is 19.5 Å². The van der Waals surface area contributed by atoms with Crippen LogP contribution in [0.5, 0.6) is 17.2 Å². The Morgan fingerprint density at radius 3 is 2.32 bits per heavy atom. The normalized spacial score (nSPS) is 15.1. The first-order valence-corrected chi connectivity index (χ1v) is 9.55. The number of hydrogen-bond acceptors (Lipinski definition) is 5. The Hall–Kier alpha value is -2.73. The van der Waals surface area contributed by atoms with Gasteiger partial charge in [0.25, 0.3) is 5.91 Å². The number of nitrogens with one attached hydrogen (secondary N) is 1. The molecule has 1 fully saturated rings. The number of methoxy groups -OCH3 is 3. The minimum Gasteiger partial charge on any atom is -0.496 e. The number of hydrogen-bond donors (Lipinski definition) is 1. The Kier molecular flexibility index (Phi) is 6.76. The van der Waals surface area contributed by atoms with E-state index in [4.69, 9.17) is 14.2 Å². The van der Waals surface area contributed by atoms with E-state index in [0.717, 1.165) is 24.4 Å². The van der Waals surface area contributed by atoms with E-state index in [9.17, 15) is 4.79 Å². The zero-order valence-electron chi connectivity index (χ0n) is 16.7. The van der Waals surface area contributed by atoms with E-state index in [1.807, 2.05) is 18.2 Å². The lowest BCUT2D eigenvalue weighted by molar-refractivity contribution is 0.0933. The highest BCUT2D eigenvalue weighted by Gasteiger charge is 2.27. The minimum absolute atomic E-state index is 0.0548. The van der Waals surface area contributed by atoms with Crippen LogP contribution in [0.2, 0.25) is 0 Å². The number of carbonyl (C=O) groups excluding carboxylic acids is 1. The van der Waals surface area contributed by atoms with Crippen molar-refractivity contribution in [2.24, 2.45) is 0 Å². The first-order valence-electron chi connectivity index (χ1n) is 9.55. The lowest BCUT2D eigenvalue weighted by Crippen LogP contribution is -2.37. The van der Waals surface area contributed by atoms with E-state index < -0.39 is 0 Å². The molecule has 1 atom stereocenters. The molecule has 1 heterocycles. The highest BCUT2D eigenvalue weighted by atomic mass is 16.5. The molecule has 1 saturated heterocycles. The smallest absolute Gasteiger partial charge is 0.255 e. The van der Waals surface area contributed by atoms with E-state index in [1.165, 1.54) is 20.0 Å². The summed E-state index contributed by atoms with van der Waals surface area (Å²) in [5.74, 6) is 1.64. The van der Waals surface area contributed by atoms with Gasteiger partial charge in [-0.25, -0.2) is 0 Å². The Labute approximate surface area is 166 Å². The zero-order valence-corrected chi connectivity index (χ0v) is 16.7. The summed E-state index contributed by atoms with van der Waals surface area (Å²) in [5, 5.41) is 3.08. The van der Waals surface area contributed by atoms with Gasteiger partial charge in [0.15, 0.2) is 11.5 Å². The van der Waals surface area contributed by atoms with Gasteiger partial charge in [0, 0.05) is 12.1 Å². The predicted molar refractivity (Wildman–Crippen MR) is 108 cm³/mol. The van der Waals surface area contributed by atoms with Crippen LogP contribution in [0.15, 0.2) is 42.5 Å². The molecule has 0 aromatic heterocycles. The van der Waals surface area contributed by atoms with Crippen LogP contribution in [0.4, 0.5) is 0 Å². The van der Waals surface area contributed by atoms with Crippen molar-refractivity contribution < 1.29 is 19.0 Å². The quantitative estimate of drug-likeness (QED) is 0.757. The van der Waals surface area contributed by atoms with E-state index in [-0.39, 0.29) is 11.9 Å². The standard InChI is InChI=1S/C22H28N2O4/c1-26-19-11-5-4-9-16(19)18(24-13-6-7-14-24)15-23-22(25)17-10-8-12-20(27-2)21(17)28-3/h4-5,8-12,18H,6-7,13-15H2,1-3H3,(H,23,25). The molecule has 0 saturated carbocycles. The van der Waals surface area contributed by atoms with Crippen LogP contribution in [-0.2, 0) is 0 Å². The Morgan fingerprint density at radius 1 is 0.964 bits per heavy atom. The first kappa shape index (κ1) is 20.0. The Balaban J connectivity index is 1.82. The van der Waals surface area contributed by atoms with Gasteiger partial charge in [0.1, 0.15) is 5.75 Å². The van der Waals surface area contributed by atoms with E-state index in [1.54, 1.807) is 32.4 Å². The highest BCUT2D eigenvalue weighted by molar-refractivity contribution is 5.97. The van der Waals surface area contributed by atoms with Crippen molar-refractivity contribution in [3.05, 3.63) is 53.6 Å². The maximum Gasteiger partial charge on any atom is 0.255 e. The monoisotopic (exact) mass is 384 g/mol. The Bertz CT molecular complexity index is 803. The predicted octanol–water partition coefficient (Wildman–Crippen LogP) is 3.28. The molecule has 1 amide bonds. The Morgan fingerprint density at radius 2 is 1.64 bits per heavy atom. The summed E-state index contributed by atoms with van der Waals surface area (Å²) in [6, 6.07) is 13.4.